The van der Waals surface area contributed by atoms with Crippen LogP contribution in [0.25, 0.3) is 21.8 Å². The maximum absolute atomic E-state index is 11.6. The number of thioether (sulfide) groups is 1. The van der Waals surface area contributed by atoms with Gasteiger partial charge in [-0.2, -0.15) is 5.10 Å². The van der Waals surface area contributed by atoms with Gasteiger partial charge in [0, 0.05) is 21.0 Å². The third-order valence-corrected chi connectivity index (χ3v) is 6.89. The predicted octanol–water partition coefficient (Wildman–Crippen LogP) is 6.08. The number of rotatable bonds is 8. The lowest BCUT2D eigenvalue weighted by molar-refractivity contribution is 0.598. The van der Waals surface area contributed by atoms with E-state index in [1.165, 1.54) is 17.7 Å². The molecule has 0 radical (unpaired) electrons. The highest BCUT2D eigenvalue weighted by atomic mass is 35.5. The SMILES string of the molecule is CCCS/C(=C\C=C\Cl)c1cc(-c2ccc(Cl)cc2)n(-c2ccc(S(N)(=O)=O)cc2)n1. The first kappa shape index (κ1) is 23.6. The van der Waals surface area contributed by atoms with Crippen LogP contribution < -0.4 is 5.14 Å². The minimum atomic E-state index is -3.77. The Morgan fingerprint density at radius 1 is 1.16 bits per heavy atom. The maximum Gasteiger partial charge on any atom is 0.238 e. The number of hydrogen-bond acceptors (Lipinski definition) is 4. The summed E-state index contributed by atoms with van der Waals surface area (Å²) >= 11 is 13.5. The standard InChI is InChI=1S/C22H21Cl2N3O2S2/c1-2-14-30-22(4-3-13-23)20-15-21(16-5-7-17(24)8-6-16)27(26-20)18-9-11-19(12-10-18)31(25,28)29/h3-13,15H,2,14H2,1H3,(H2,25,28,29)/b13-3+,22-4-. The van der Waals surface area contributed by atoms with Gasteiger partial charge in [-0.1, -0.05) is 42.3 Å². The van der Waals surface area contributed by atoms with Gasteiger partial charge in [0.1, 0.15) is 0 Å². The minimum Gasteiger partial charge on any atom is -0.232 e. The van der Waals surface area contributed by atoms with Crippen LogP contribution in [0, 0.1) is 0 Å². The Morgan fingerprint density at radius 2 is 1.84 bits per heavy atom. The van der Waals surface area contributed by atoms with Crippen molar-refractivity contribution in [2.75, 3.05) is 5.75 Å². The van der Waals surface area contributed by atoms with Crippen molar-refractivity contribution in [2.45, 2.75) is 18.2 Å². The molecule has 1 heterocycles. The van der Waals surface area contributed by atoms with Crippen LogP contribution in [0.15, 0.2) is 77.2 Å². The molecule has 2 N–H and O–H groups in total. The fourth-order valence-corrected chi connectivity index (χ4v) is 4.41. The lowest BCUT2D eigenvalue weighted by Crippen LogP contribution is -2.12. The Bertz CT molecular complexity index is 1200. The van der Waals surface area contributed by atoms with Gasteiger partial charge in [-0.25, -0.2) is 18.2 Å². The number of nitrogens with two attached hydrogens (primary N) is 1. The summed E-state index contributed by atoms with van der Waals surface area (Å²) in [6.07, 6.45) is 4.71. The average molecular weight is 494 g/mol. The monoisotopic (exact) mass is 493 g/mol. The second-order valence-electron chi connectivity index (χ2n) is 6.57. The van der Waals surface area contributed by atoms with Crippen LogP contribution in [0.1, 0.15) is 19.0 Å². The molecule has 0 fully saturated rings. The van der Waals surface area contributed by atoms with Crippen molar-refractivity contribution in [3.63, 3.8) is 0 Å². The molecule has 0 saturated heterocycles. The average Bonchev–Trinajstić information content (AvgIpc) is 3.19. The van der Waals surface area contributed by atoms with E-state index in [1.54, 1.807) is 34.7 Å². The van der Waals surface area contributed by atoms with Crippen molar-refractivity contribution in [3.8, 4) is 16.9 Å². The zero-order valence-electron chi connectivity index (χ0n) is 16.7. The Hall–Kier alpha value is -2.03. The lowest BCUT2D eigenvalue weighted by atomic mass is 10.1. The van der Waals surface area contributed by atoms with Crippen LogP contribution in [0.5, 0.6) is 0 Å². The molecule has 0 spiro atoms. The number of primary sulfonamides is 1. The second kappa shape index (κ2) is 10.5. The van der Waals surface area contributed by atoms with Gasteiger partial charge >= 0.3 is 0 Å². The lowest BCUT2D eigenvalue weighted by Gasteiger charge is -2.08. The number of hydrogen-bond donors (Lipinski definition) is 1. The first-order valence-electron chi connectivity index (χ1n) is 9.43. The summed E-state index contributed by atoms with van der Waals surface area (Å²) in [6, 6.07) is 15.8. The zero-order valence-corrected chi connectivity index (χ0v) is 19.8. The molecule has 0 saturated carbocycles. The summed E-state index contributed by atoms with van der Waals surface area (Å²) in [5.41, 5.74) is 4.71. The first-order valence-corrected chi connectivity index (χ1v) is 12.8. The molecule has 0 aliphatic rings. The van der Waals surface area contributed by atoms with Gasteiger partial charge in [0.05, 0.1) is 22.0 Å². The zero-order chi connectivity index (χ0) is 22.4. The van der Waals surface area contributed by atoms with Crippen molar-refractivity contribution in [2.24, 2.45) is 5.14 Å². The fraction of sp³-hybridized carbons (Fsp3) is 0.136. The van der Waals surface area contributed by atoms with Crippen molar-refractivity contribution in [1.29, 1.82) is 0 Å². The largest absolute Gasteiger partial charge is 0.238 e. The molecular weight excluding hydrogens is 473 g/mol. The highest BCUT2D eigenvalue weighted by Gasteiger charge is 2.16. The molecule has 0 bridgehead atoms. The quantitative estimate of drug-likeness (QED) is 0.385. The summed E-state index contributed by atoms with van der Waals surface area (Å²) < 4.78 is 25.0. The van der Waals surface area contributed by atoms with Crippen molar-refractivity contribution >= 4 is 49.9 Å². The van der Waals surface area contributed by atoms with E-state index >= 15 is 0 Å². The second-order valence-corrected chi connectivity index (χ2v) is 9.96. The molecule has 2 aromatic carbocycles. The molecule has 1 aromatic heterocycles. The normalized spacial score (nSPS) is 12.6. The topological polar surface area (TPSA) is 78.0 Å². The molecule has 0 aliphatic heterocycles. The number of nitrogens with zero attached hydrogens (tertiary/aromatic N) is 2. The first-order chi connectivity index (χ1) is 14.8. The van der Waals surface area contributed by atoms with Crippen LogP contribution in [-0.2, 0) is 10.0 Å². The molecule has 3 rings (SSSR count). The smallest absolute Gasteiger partial charge is 0.232 e. The molecule has 9 heteroatoms. The van der Waals surface area contributed by atoms with E-state index in [0.29, 0.717) is 10.7 Å². The number of halogens is 2. The molecule has 31 heavy (non-hydrogen) atoms. The summed E-state index contributed by atoms with van der Waals surface area (Å²) in [7, 11) is -3.77. The van der Waals surface area contributed by atoms with Crippen LogP contribution >= 0.6 is 35.0 Å². The van der Waals surface area contributed by atoms with E-state index in [-0.39, 0.29) is 4.90 Å². The van der Waals surface area contributed by atoms with E-state index < -0.39 is 10.0 Å². The Balaban J connectivity index is 2.15. The molecule has 0 unspecified atom stereocenters. The molecule has 0 atom stereocenters. The summed E-state index contributed by atoms with van der Waals surface area (Å²) in [6.45, 7) is 2.12. The minimum absolute atomic E-state index is 0.0445. The molecule has 5 nitrogen and oxygen atoms in total. The molecule has 162 valence electrons. The molecular formula is C22H21Cl2N3O2S2. The number of allylic oxidation sites excluding steroid dienone is 2. The fourth-order valence-electron chi connectivity index (χ4n) is 2.84. The number of aromatic nitrogens is 2. The third kappa shape index (κ3) is 6.02. The highest BCUT2D eigenvalue weighted by Crippen LogP contribution is 2.33. The van der Waals surface area contributed by atoms with Crippen LogP contribution in [-0.4, -0.2) is 24.0 Å². The summed E-state index contributed by atoms with van der Waals surface area (Å²) in [4.78, 5) is 1.02. The van der Waals surface area contributed by atoms with E-state index in [0.717, 1.165) is 34.0 Å². The molecule has 0 aliphatic carbocycles. The molecule has 0 amide bonds. The van der Waals surface area contributed by atoms with E-state index in [4.69, 9.17) is 33.4 Å². The van der Waals surface area contributed by atoms with Gasteiger partial charge in [0.15, 0.2) is 0 Å². The third-order valence-electron chi connectivity index (χ3n) is 4.29. The van der Waals surface area contributed by atoms with E-state index in [2.05, 4.69) is 6.92 Å². The van der Waals surface area contributed by atoms with Crippen LogP contribution in [0.3, 0.4) is 0 Å². The van der Waals surface area contributed by atoms with Gasteiger partial charge in [-0.05, 0) is 66.8 Å². The summed E-state index contributed by atoms with van der Waals surface area (Å²) in [5, 5.41) is 10.7. The Morgan fingerprint density at radius 3 is 2.42 bits per heavy atom. The summed E-state index contributed by atoms with van der Waals surface area (Å²) in [5.74, 6) is 0.939. The Labute approximate surface area is 196 Å². The van der Waals surface area contributed by atoms with Crippen molar-refractivity contribution in [1.82, 2.24) is 9.78 Å². The van der Waals surface area contributed by atoms with Crippen molar-refractivity contribution in [3.05, 3.63) is 83.0 Å². The van der Waals surface area contributed by atoms with Crippen LogP contribution in [0.4, 0.5) is 0 Å². The van der Waals surface area contributed by atoms with Crippen molar-refractivity contribution < 1.29 is 8.42 Å². The van der Waals surface area contributed by atoms with E-state index in [1.807, 2.05) is 36.4 Å². The van der Waals surface area contributed by atoms with Gasteiger partial charge in [-0.3, -0.25) is 0 Å². The number of benzene rings is 2. The highest BCUT2D eigenvalue weighted by molar-refractivity contribution is 8.08. The van der Waals surface area contributed by atoms with Crippen LogP contribution in [0.2, 0.25) is 5.02 Å². The van der Waals surface area contributed by atoms with E-state index in [9.17, 15) is 8.42 Å². The maximum atomic E-state index is 11.6. The predicted molar refractivity (Wildman–Crippen MR) is 131 cm³/mol. The van der Waals surface area contributed by atoms with Gasteiger partial charge < -0.3 is 0 Å². The van der Waals surface area contributed by atoms with Gasteiger partial charge in [-0.15, -0.1) is 11.8 Å². The molecule has 3 aromatic rings. The van der Waals surface area contributed by atoms with Gasteiger partial charge in [0.2, 0.25) is 10.0 Å². The Kier molecular flexibility index (Phi) is 8.02. The van der Waals surface area contributed by atoms with Gasteiger partial charge in [0.25, 0.3) is 0 Å². The number of sulfonamides is 1.